The number of nitrogens with zero attached hydrogens (tertiary/aromatic N) is 5. The van der Waals surface area contributed by atoms with Crippen LogP contribution in [0, 0.1) is 6.92 Å². The number of hydrogen-bond donors (Lipinski definition) is 1. The van der Waals surface area contributed by atoms with Gasteiger partial charge in [0.05, 0.1) is 5.69 Å². The van der Waals surface area contributed by atoms with Gasteiger partial charge in [0, 0.05) is 30.1 Å². The summed E-state index contributed by atoms with van der Waals surface area (Å²) in [4.78, 5) is 23.5. The van der Waals surface area contributed by atoms with Crippen molar-refractivity contribution in [2.45, 2.75) is 39.6 Å². The molecule has 1 fully saturated rings. The molecule has 3 aromatic carbocycles. The van der Waals surface area contributed by atoms with Crippen LogP contribution in [0.3, 0.4) is 0 Å². The summed E-state index contributed by atoms with van der Waals surface area (Å²) >= 11 is 1.57. The van der Waals surface area contributed by atoms with Gasteiger partial charge in [0.25, 0.3) is 0 Å². The third kappa shape index (κ3) is 7.11. The number of nitrogens with one attached hydrogen (secondary N) is 1. The lowest BCUT2D eigenvalue weighted by Crippen LogP contribution is -2.28. The monoisotopic (exact) mass is 594 g/mol. The standard InChI is InChI=1S/C30H29F3N6O2S/c1-19(2)25-16-20(3)4-13-26(25)38-14-15-42-29(38)36-28(40)34-17-21-5-7-22(8-6-21)27-35-18-39(37-27)23-9-11-24(12-10-23)41-30(31,32)33/h4-13,16,18-19H,14-15,17H2,1-3H3,(H,34,40). The number of carbonyl (C=O) groups excluding carboxylic acids is 1. The molecule has 1 aliphatic heterocycles. The number of rotatable bonds is 7. The highest BCUT2D eigenvalue weighted by Crippen LogP contribution is 2.33. The Kier molecular flexibility index (Phi) is 8.53. The van der Waals surface area contributed by atoms with Gasteiger partial charge >= 0.3 is 12.4 Å². The van der Waals surface area contributed by atoms with E-state index in [-0.39, 0.29) is 5.75 Å². The summed E-state index contributed by atoms with van der Waals surface area (Å²) in [6.45, 7) is 7.50. The number of amides is 2. The van der Waals surface area contributed by atoms with Gasteiger partial charge in [0.2, 0.25) is 0 Å². The minimum Gasteiger partial charge on any atom is -0.406 e. The van der Waals surface area contributed by atoms with Gasteiger partial charge in [-0.3, -0.25) is 0 Å². The molecule has 8 nitrogen and oxygen atoms in total. The van der Waals surface area contributed by atoms with E-state index in [0.717, 1.165) is 29.1 Å². The first-order chi connectivity index (χ1) is 20.1. The number of amidine groups is 1. The highest BCUT2D eigenvalue weighted by molar-refractivity contribution is 8.14. The van der Waals surface area contributed by atoms with Crippen LogP contribution < -0.4 is 15.0 Å². The first-order valence-corrected chi connectivity index (χ1v) is 14.3. The van der Waals surface area contributed by atoms with Gasteiger partial charge in [0.1, 0.15) is 12.1 Å². The third-order valence-corrected chi connectivity index (χ3v) is 7.51. The Morgan fingerprint density at radius 2 is 1.83 bits per heavy atom. The Bertz CT molecular complexity index is 1580. The first-order valence-electron chi connectivity index (χ1n) is 13.3. The SMILES string of the molecule is Cc1ccc(N2CCSC2=NC(=O)NCc2ccc(-c3ncn(-c4ccc(OC(F)(F)F)cc4)n3)cc2)c(C(C)C)c1. The fraction of sp³-hybridized carbons (Fsp3) is 0.267. The fourth-order valence-electron chi connectivity index (χ4n) is 4.50. The molecular formula is C30H29F3N6O2S. The smallest absolute Gasteiger partial charge is 0.406 e. The zero-order valence-corrected chi connectivity index (χ0v) is 24.0. The summed E-state index contributed by atoms with van der Waals surface area (Å²) in [5.41, 5.74) is 5.69. The maximum atomic E-state index is 12.7. The number of halogens is 3. The molecule has 0 atom stereocenters. The van der Waals surface area contributed by atoms with Crippen LogP contribution in [0.4, 0.5) is 23.7 Å². The number of urea groups is 1. The molecule has 4 aromatic rings. The van der Waals surface area contributed by atoms with Gasteiger partial charge in [0.15, 0.2) is 11.0 Å². The van der Waals surface area contributed by atoms with Gasteiger partial charge in [-0.05, 0) is 54.3 Å². The molecule has 2 amide bonds. The summed E-state index contributed by atoms with van der Waals surface area (Å²) in [6.07, 6.45) is -3.27. The Morgan fingerprint density at radius 3 is 2.52 bits per heavy atom. The first kappa shape index (κ1) is 29.2. The van der Waals surface area contributed by atoms with Crippen LogP contribution >= 0.6 is 11.8 Å². The molecule has 0 aliphatic carbocycles. The molecule has 0 bridgehead atoms. The van der Waals surface area contributed by atoms with Crippen molar-refractivity contribution in [3.63, 3.8) is 0 Å². The van der Waals surface area contributed by atoms with E-state index in [9.17, 15) is 18.0 Å². The Morgan fingerprint density at radius 1 is 1.10 bits per heavy atom. The van der Waals surface area contributed by atoms with Crippen LogP contribution in [0.25, 0.3) is 17.1 Å². The van der Waals surface area contributed by atoms with Crippen molar-refractivity contribution in [3.05, 3.63) is 89.7 Å². The minimum absolute atomic E-state index is 0.302. The predicted octanol–water partition coefficient (Wildman–Crippen LogP) is 7.08. The van der Waals surface area contributed by atoms with Gasteiger partial charge in [-0.15, -0.1) is 18.3 Å². The Labute approximate surface area is 245 Å². The number of aromatic nitrogens is 3. The molecule has 1 N–H and O–H groups in total. The van der Waals surface area contributed by atoms with E-state index in [2.05, 4.69) is 69.0 Å². The molecule has 1 aliphatic rings. The number of carbonyl (C=O) groups is 1. The number of anilines is 1. The van der Waals surface area contributed by atoms with Crippen molar-refractivity contribution in [2.24, 2.45) is 4.99 Å². The second kappa shape index (κ2) is 12.3. The highest BCUT2D eigenvalue weighted by atomic mass is 32.2. The van der Waals surface area contributed by atoms with Crippen molar-refractivity contribution >= 4 is 28.6 Å². The lowest BCUT2D eigenvalue weighted by molar-refractivity contribution is -0.274. The molecule has 12 heteroatoms. The number of aryl methyl sites for hydroxylation is 1. The fourth-order valence-corrected chi connectivity index (χ4v) is 5.45. The summed E-state index contributed by atoms with van der Waals surface area (Å²) in [6, 6.07) is 18.7. The normalized spacial score (nSPS) is 14.5. The molecule has 1 saturated heterocycles. The largest absolute Gasteiger partial charge is 0.573 e. The van der Waals surface area contributed by atoms with Crippen molar-refractivity contribution < 1.29 is 22.7 Å². The molecule has 0 spiro atoms. The summed E-state index contributed by atoms with van der Waals surface area (Å²) in [5.74, 6) is 1.34. The molecule has 42 heavy (non-hydrogen) atoms. The van der Waals surface area contributed by atoms with E-state index in [4.69, 9.17) is 0 Å². The van der Waals surface area contributed by atoms with E-state index in [1.165, 1.54) is 46.4 Å². The Balaban J connectivity index is 1.20. The number of aliphatic imine (C=N–C) groups is 1. The van der Waals surface area contributed by atoms with Gasteiger partial charge in [-0.1, -0.05) is 67.6 Å². The van der Waals surface area contributed by atoms with Crippen molar-refractivity contribution in [3.8, 4) is 22.8 Å². The van der Waals surface area contributed by atoms with Crippen LogP contribution in [0.5, 0.6) is 5.75 Å². The van der Waals surface area contributed by atoms with Crippen LogP contribution in [0.15, 0.2) is 78.0 Å². The Hall–Kier alpha value is -4.32. The molecule has 1 aromatic heterocycles. The van der Waals surface area contributed by atoms with Crippen LogP contribution in [0.1, 0.15) is 36.5 Å². The zero-order chi connectivity index (χ0) is 29.9. The van der Waals surface area contributed by atoms with Crippen LogP contribution in [-0.4, -0.2) is 44.6 Å². The third-order valence-electron chi connectivity index (χ3n) is 6.55. The molecule has 0 unspecified atom stereocenters. The quantitative estimate of drug-likeness (QED) is 0.246. The maximum absolute atomic E-state index is 12.7. The van der Waals surface area contributed by atoms with Gasteiger partial charge < -0.3 is 15.0 Å². The number of hydrogen-bond acceptors (Lipinski definition) is 5. The molecule has 0 saturated carbocycles. The maximum Gasteiger partial charge on any atom is 0.573 e. The van der Waals surface area contributed by atoms with Crippen LogP contribution in [0.2, 0.25) is 0 Å². The number of alkyl halides is 3. The van der Waals surface area contributed by atoms with E-state index in [0.29, 0.717) is 29.1 Å². The zero-order valence-electron chi connectivity index (χ0n) is 23.2. The lowest BCUT2D eigenvalue weighted by Gasteiger charge is -2.23. The minimum atomic E-state index is -4.75. The second-order valence-electron chi connectivity index (χ2n) is 10.0. The predicted molar refractivity (Wildman–Crippen MR) is 158 cm³/mol. The summed E-state index contributed by atoms with van der Waals surface area (Å²) in [7, 11) is 0. The van der Waals surface area contributed by atoms with Crippen molar-refractivity contribution in [2.75, 3.05) is 17.2 Å². The number of benzene rings is 3. The van der Waals surface area contributed by atoms with Gasteiger partial charge in [-0.2, -0.15) is 4.99 Å². The average molecular weight is 595 g/mol. The molecule has 218 valence electrons. The molecule has 5 rings (SSSR count). The average Bonchev–Trinajstić information content (AvgIpc) is 3.62. The number of ether oxygens (including phenoxy) is 1. The van der Waals surface area contributed by atoms with Crippen LogP contribution in [-0.2, 0) is 6.54 Å². The van der Waals surface area contributed by atoms with E-state index < -0.39 is 12.4 Å². The van der Waals surface area contributed by atoms with E-state index in [1.807, 2.05) is 24.3 Å². The van der Waals surface area contributed by atoms with E-state index in [1.54, 1.807) is 11.8 Å². The lowest BCUT2D eigenvalue weighted by atomic mass is 9.98. The number of thioether (sulfide) groups is 1. The van der Waals surface area contributed by atoms with Crippen molar-refractivity contribution in [1.82, 2.24) is 20.1 Å². The van der Waals surface area contributed by atoms with E-state index >= 15 is 0 Å². The summed E-state index contributed by atoms with van der Waals surface area (Å²) < 4.78 is 42.5. The topological polar surface area (TPSA) is 84.6 Å². The van der Waals surface area contributed by atoms with Crippen molar-refractivity contribution in [1.29, 1.82) is 0 Å². The molecular weight excluding hydrogens is 565 g/mol. The summed E-state index contributed by atoms with van der Waals surface area (Å²) in [5, 5.41) is 7.98. The van der Waals surface area contributed by atoms with Gasteiger partial charge in [-0.25, -0.2) is 14.5 Å². The highest BCUT2D eigenvalue weighted by Gasteiger charge is 2.31. The molecule has 0 radical (unpaired) electrons. The molecule has 2 heterocycles. The second-order valence-corrected chi connectivity index (χ2v) is 11.1.